The molecular formula is C14H24N4S. The van der Waals surface area contributed by atoms with E-state index in [-0.39, 0.29) is 5.54 Å². The van der Waals surface area contributed by atoms with Crippen molar-refractivity contribution < 1.29 is 0 Å². The van der Waals surface area contributed by atoms with E-state index >= 15 is 0 Å². The van der Waals surface area contributed by atoms with Crippen LogP contribution < -0.4 is 5.32 Å². The maximum Gasteiger partial charge on any atom is 0.132 e. The van der Waals surface area contributed by atoms with E-state index in [9.17, 15) is 0 Å². The van der Waals surface area contributed by atoms with Gasteiger partial charge in [0.15, 0.2) is 0 Å². The Labute approximate surface area is 120 Å². The van der Waals surface area contributed by atoms with Crippen molar-refractivity contribution in [3.05, 3.63) is 17.6 Å². The molecule has 1 saturated heterocycles. The topological polar surface area (TPSA) is 41.1 Å². The highest BCUT2D eigenvalue weighted by atomic mass is 32.2. The zero-order valence-corrected chi connectivity index (χ0v) is 13.2. The van der Waals surface area contributed by atoms with E-state index in [4.69, 9.17) is 0 Å². The van der Waals surface area contributed by atoms with Gasteiger partial charge in [0.2, 0.25) is 0 Å². The van der Waals surface area contributed by atoms with Crippen LogP contribution in [0.2, 0.25) is 0 Å². The van der Waals surface area contributed by atoms with E-state index in [2.05, 4.69) is 41.2 Å². The summed E-state index contributed by atoms with van der Waals surface area (Å²) in [6.07, 6.45) is 4.14. The first-order valence-electron chi connectivity index (χ1n) is 6.89. The standard InChI is InChI=1S/C14H24N4S/c1-5-12-8-15-11(2)17-13(12)16-9-14(18(3)4)6-7-19-10-14/h8H,5-7,9-10H2,1-4H3,(H,15,16,17)/t14-/m0/s1. The lowest BCUT2D eigenvalue weighted by Gasteiger charge is -2.36. The number of aromatic nitrogens is 2. The fourth-order valence-corrected chi connectivity index (χ4v) is 3.95. The molecule has 0 radical (unpaired) electrons. The maximum absolute atomic E-state index is 4.55. The molecule has 1 aromatic heterocycles. The SMILES string of the molecule is CCc1cnc(C)nc1NC[C@@]1(N(C)C)CCSC1. The normalized spacial score (nSPS) is 23.0. The third-order valence-electron chi connectivity index (χ3n) is 3.98. The molecular weight excluding hydrogens is 256 g/mol. The minimum atomic E-state index is 0.258. The Kier molecular flexibility index (Phi) is 4.68. The predicted octanol–water partition coefficient (Wildman–Crippen LogP) is 2.20. The Balaban J connectivity index is 2.11. The summed E-state index contributed by atoms with van der Waals surface area (Å²) in [6, 6.07) is 0. The average Bonchev–Trinajstić information content (AvgIpc) is 2.86. The first-order valence-corrected chi connectivity index (χ1v) is 8.04. The van der Waals surface area contributed by atoms with Crippen molar-refractivity contribution >= 4 is 17.6 Å². The highest BCUT2D eigenvalue weighted by molar-refractivity contribution is 7.99. The van der Waals surface area contributed by atoms with Gasteiger partial charge in [-0.25, -0.2) is 9.97 Å². The van der Waals surface area contributed by atoms with Gasteiger partial charge in [-0.1, -0.05) is 6.92 Å². The summed E-state index contributed by atoms with van der Waals surface area (Å²) in [5.74, 6) is 4.29. The van der Waals surface area contributed by atoms with E-state index in [1.54, 1.807) is 0 Å². The van der Waals surface area contributed by atoms with Crippen LogP contribution in [0, 0.1) is 6.92 Å². The molecule has 0 unspecified atom stereocenters. The van der Waals surface area contributed by atoms with Crippen LogP contribution in [0.4, 0.5) is 5.82 Å². The Morgan fingerprint density at radius 2 is 2.26 bits per heavy atom. The average molecular weight is 280 g/mol. The molecule has 1 fully saturated rings. The molecule has 1 aromatic rings. The van der Waals surface area contributed by atoms with E-state index in [1.807, 2.05) is 24.9 Å². The molecule has 0 bridgehead atoms. The number of aryl methyl sites for hydroxylation is 2. The predicted molar refractivity (Wildman–Crippen MR) is 83.0 cm³/mol. The summed E-state index contributed by atoms with van der Waals surface area (Å²) in [5, 5.41) is 3.56. The van der Waals surface area contributed by atoms with Gasteiger partial charge in [0.05, 0.1) is 0 Å². The summed E-state index contributed by atoms with van der Waals surface area (Å²) < 4.78 is 0. The van der Waals surface area contributed by atoms with Crippen molar-refractivity contribution in [2.75, 3.05) is 37.5 Å². The zero-order chi connectivity index (χ0) is 13.9. The highest BCUT2D eigenvalue weighted by Gasteiger charge is 2.36. The molecule has 0 saturated carbocycles. The van der Waals surface area contributed by atoms with E-state index in [1.165, 1.54) is 23.5 Å². The van der Waals surface area contributed by atoms with E-state index in [0.717, 1.165) is 24.6 Å². The summed E-state index contributed by atoms with van der Waals surface area (Å²) in [5.41, 5.74) is 1.46. The molecule has 1 N–H and O–H groups in total. The number of thioether (sulfide) groups is 1. The monoisotopic (exact) mass is 280 g/mol. The van der Waals surface area contributed by atoms with Crippen LogP contribution in [-0.2, 0) is 6.42 Å². The second-order valence-corrected chi connectivity index (χ2v) is 6.52. The smallest absolute Gasteiger partial charge is 0.132 e. The molecule has 19 heavy (non-hydrogen) atoms. The Morgan fingerprint density at radius 3 is 2.84 bits per heavy atom. The number of nitrogens with zero attached hydrogens (tertiary/aromatic N) is 3. The highest BCUT2D eigenvalue weighted by Crippen LogP contribution is 2.32. The quantitative estimate of drug-likeness (QED) is 0.895. The summed E-state index contributed by atoms with van der Waals surface area (Å²) in [7, 11) is 4.36. The van der Waals surface area contributed by atoms with Gasteiger partial charge < -0.3 is 10.2 Å². The van der Waals surface area contributed by atoms with Crippen LogP contribution in [0.25, 0.3) is 0 Å². The van der Waals surface area contributed by atoms with Crippen molar-refractivity contribution in [2.24, 2.45) is 0 Å². The number of rotatable bonds is 5. The molecule has 5 heteroatoms. The second-order valence-electron chi connectivity index (χ2n) is 5.42. The number of hydrogen-bond donors (Lipinski definition) is 1. The molecule has 4 nitrogen and oxygen atoms in total. The maximum atomic E-state index is 4.55. The molecule has 1 aliphatic heterocycles. The first-order chi connectivity index (χ1) is 9.07. The summed E-state index contributed by atoms with van der Waals surface area (Å²) in [6.45, 7) is 5.04. The largest absolute Gasteiger partial charge is 0.368 e. The lowest BCUT2D eigenvalue weighted by molar-refractivity contribution is 0.195. The van der Waals surface area contributed by atoms with Gasteiger partial charge in [0, 0.05) is 29.6 Å². The lowest BCUT2D eigenvalue weighted by Crippen LogP contribution is -2.50. The Morgan fingerprint density at radius 1 is 1.47 bits per heavy atom. The number of anilines is 1. The van der Waals surface area contributed by atoms with Crippen LogP contribution in [-0.4, -0.2) is 52.6 Å². The second kappa shape index (κ2) is 6.09. The molecule has 0 amide bonds. The van der Waals surface area contributed by atoms with Gasteiger partial charge in [-0.05, 0) is 39.6 Å². The fraction of sp³-hybridized carbons (Fsp3) is 0.714. The van der Waals surface area contributed by atoms with Crippen LogP contribution in [0.5, 0.6) is 0 Å². The minimum absolute atomic E-state index is 0.258. The minimum Gasteiger partial charge on any atom is -0.368 e. The van der Waals surface area contributed by atoms with Crippen LogP contribution >= 0.6 is 11.8 Å². The van der Waals surface area contributed by atoms with Gasteiger partial charge in [-0.15, -0.1) is 0 Å². The van der Waals surface area contributed by atoms with Crippen molar-refractivity contribution in [3.8, 4) is 0 Å². The van der Waals surface area contributed by atoms with Gasteiger partial charge >= 0.3 is 0 Å². The molecule has 2 rings (SSSR count). The van der Waals surface area contributed by atoms with Gasteiger partial charge in [-0.2, -0.15) is 11.8 Å². The number of likely N-dealkylation sites (N-methyl/N-ethyl adjacent to an activating group) is 1. The van der Waals surface area contributed by atoms with E-state index in [0.29, 0.717) is 0 Å². The zero-order valence-electron chi connectivity index (χ0n) is 12.4. The van der Waals surface area contributed by atoms with Crippen molar-refractivity contribution in [2.45, 2.75) is 32.2 Å². The number of nitrogens with one attached hydrogen (secondary N) is 1. The van der Waals surface area contributed by atoms with Crippen molar-refractivity contribution in [1.82, 2.24) is 14.9 Å². The van der Waals surface area contributed by atoms with Crippen LogP contribution in [0.1, 0.15) is 24.7 Å². The molecule has 106 valence electrons. The Bertz CT molecular complexity index is 427. The van der Waals surface area contributed by atoms with E-state index < -0.39 is 0 Å². The first kappa shape index (κ1) is 14.6. The molecule has 0 aliphatic carbocycles. The molecule has 1 aliphatic rings. The third-order valence-corrected chi connectivity index (χ3v) is 5.22. The lowest BCUT2D eigenvalue weighted by atomic mass is 9.97. The van der Waals surface area contributed by atoms with Crippen LogP contribution in [0.3, 0.4) is 0 Å². The van der Waals surface area contributed by atoms with Gasteiger partial charge in [0.25, 0.3) is 0 Å². The van der Waals surface area contributed by atoms with Crippen LogP contribution in [0.15, 0.2) is 6.20 Å². The molecule has 0 aromatic carbocycles. The Hall–Kier alpha value is -0.810. The van der Waals surface area contributed by atoms with Crippen molar-refractivity contribution in [3.63, 3.8) is 0 Å². The summed E-state index contributed by atoms with van der Waals surface area (Å²) in [4.78, 5) is 11.2. The third kappa shape index (κ3) is 3.20. The molecule has 1 atom stereocenters. The van der Waals surface area contributed by atoms with Gasteiger partial charge in [0.1, 0.15) is 11.6 Å². The molecule has 2 heterocycles. The van der Waals surface area contributed by atoms with Crippen molar-refractivity contribution in [1.29, 1.82) is 0 Å². The molecule has 0 spiro atoms. The fourth-order valence-electron chi connectivity index (χ4n) is 2.40. The van der Waals surface area contributed by atoms with Gasteiger partial charge in [-0.3, -0.25) is 0 Å². The number of hydrogen-bond acceptors (Lipinski definition) is 5. The summed E-state index contributed by atoms with van der Waals surface area (Å²) >= 11 is 2.04.